The van der Waals surface area contributed by atoms with Gasteiger partial charge in [0, 0.05) is 19.0 Å². The smallest absolute Gasteiger partial charge is 0.408 e. The number of aliphatic hydroxyl groups excluding tert-OH is 1. The van der Waals surface area contributed by atoms with E-state index < -0.39 is 59.7 Å². The number of likely N-dealkylation sites (tertiary alicyclic amines) is 1. The third kappa shape index (κ3) is 14.5. The van der Waals surface area contributed by atoms with E-state index in [0.717, 1.165) is 5.56 Å². The Kier molecular flexibility index (Phi) is 17.6. The van der Waals surface area contributed by atoms with E-state index in [1.807, 2.05) is 50.4 Å². The van der Waals surface area contributed by atoms with Crippen molar-refractivity contribution in [2.45, 2.75) is 130 Å². The van der Waals surface area contributed by atoms with Gasteiger partial charge in [-0.1, -0.05) is 65.0 Å². The van der Waals surface area contributed by atoms with Crippen molar-refractivity contribution in [3.05, 3.63) is 35.9 Å². The average Bonchev–Trinajstić information content (AvgIpc) is 3.53. The molecule has 50 heavy (non-hydrogen) atoms. The van der Waals surface area contributed by atoms with E-state index in [1.165, 1.54) is 11.8 Å². The second-order valence-corrected chi connectivity index (χ2v) is 16.0. The maximum atomic E-state index is 13.7. The Morgan fingerprint density at radius 1 is 0.960 bits per heavy atom. The summed E-state index contributed by atoms with van der Waals surface area (Å²) in [7, 11) is 0. The van der Waals surface area contributed by atoms with Gasteiger partial charge in [-0.05, 0) is 82.3 Å². The van der Waals surface area contributed by atoms with Gasteiger partial charge in [-0.25, -0.2) is 4.79 Å². The molecular formula is C37H61N5O7S. The van der Waals surface area contributed by atoms with Crippen LogP contribution in [0.4, 0.5) is 4.79 Å². The molecule has 1 aromatic rings. The van der Waals surface area contributed by atoms with Crippen molar-refractivity contribution in [3.63, 3.8) is 0 Å². The zero-order valence-electron chi connectivity index (χ0n) is 31.4. The van der Waals surface area contributed by atoms with Crippen LogP contribution in [-0.2, 0) is 30.5 Å². The van der Waals surface area contributed by atoms with Crippen LogP contribution in [0.2, 0.25) is 0 Å². The third-order valence-electron chi connectivity index (χ3n) is 8.55. The monoisotopic (exact) mass is 719 g/mol. The Labute approximate surface area is 303 Å². The standard InChI is InChI=1S/C37H61N5O7S/c1-23(2)20-28(40-32(44)27(17-19-50-9)39-34(46)31(24(3)4)41-36(48)49-37(6,7)8)30(43)21-25(5)35(47)42-18-13-16-29(42)33(45)38-22-26-14-11-10-12-15-26/h10-12,14-15,23-25,27-31,43H,13,16-22H2,1-9H3,(H,38,45)(H,39,46)(H,40,44)(H,41,48)/t25-,27+,28+,29+,30+,31+/m1/s1. The number of rotatable bonds is 18. The van der Waals surface area contributed by atoms with Crippen LogP contribution in [0.1, 0.15) is 93.1 Å². The van der Waals surface area contributed by atoms with E-state index in [0.29, 0.717) is 44.5 Å². The van der Waals surface area contributed by atoms with Gasteiger partial charge in [-0.2, -0.15) is 11.8 Å². The molecule has 1 saturated heterocycles. The Morgan fingerprint density at radius 2 is 1.62 bits per heavy atom. The molecule has 1 aromatic carbocycles. The second-order valence-electron chi connectivity index (χ2n) is 15.1. The summed E-state index contributed by atoms with van der Waals surface area (Å²) >= 11 is 1.53. The molecule has 0 aliphatic carbocycles. The van der Waals surface area contributed by atoms with Crippen LogP contribution >= 0.6 is 11.8 Å². The third-order valence-corrected chi connectivity index (χ3v) is 9.19. The fraction of sp³-hybridized carbons (Fsp3) is 0.703. The number of nitrogens with zero attached hydrogens (tertiary/aromatic N) is 1. The van der Waals surface area contributed by atoms with E-state index in [-0.39, 0.29) is 30.1 Å². The number of alkyl carbamates (subject to hydrolysis) is 1. The first-order valence-electron chi connectivity index (χ1n) is 17.8. The summed E-state index contributed by atoms with van der Waals surface area (Å²) in [6.45, 7) is 15.3. The minimum absolute atomic E-state index is 0.0857. The number of nitrogens with one attached hydrogen (secondary N) is 4. The first-order chi connectivity index (χ1) is 23.4. The molecule has 1 aliphatic heterocycles. The summed E-state index contributed by atoms with van der Waals surface area (Å²) in [5, 5.41) is 22.8. The van der Waals surface area contributed by atoms with Gasteiger partial charge in [0.1, 0.15) is 23.7 Å². The Hall–Kier alpha value is -3.32. The number of carbonyl (C=O) groups is 5. The zero-order valence-corrected chi connectivity index (χ0v) is 32.2. The summed E-state index contributed by atoms with van der Waals surface area (Å²) in [6.07, 6.45) is 2.27. The van der Waals surface area contributed by atoms with Crippen LogP contribution in [0.15, 0.2) is 30.3 Å². The molecule has 0 radical (unpaired) electrons. The van der Waals surface area contributed by atoms with Crippen molar-refractivity contribution >= 4 is 41.5 Å². The molecule has 13 heteroatoms. The molecule has 0 saturated carbocycles. The molecule has 5 amide bonds. The molecule has 0 aromatic heterocycles. The van der Waals surface area contributed by atoms with Crippen molar-refractivity contribution in [2.75, 3.05) is 18.6 Å². The molecule has 1 aliphatic rings. The van der Waals surface area contributed by atoms with Gasteiger partial charge >= 0.3 is 6.09 Å². The number of hydrogen-bond donors (Lipinski definition) is 5. The lowest BCUT2D eigenvalue weighted by Crippen LogP contribution is -2.58. The van der Waals surface area contributed by atoms with Crippen LogP contribution in [-0.4, -0.2) is 94.2 Å². The molecule has 1 fully saturated rings. The Balaban J connectivity index is 2.10. The highest BCUT2D eigenvalue weighted by Crippen LogP contribution is 2.24. The molecular weight excluding hydrogens is 659 g/mol. The van der Waals surface area contributed by atoms with Crippen molar-refractivity contribution in [1.82, 2.24) is 26.2 Å². The minimum Gasteiger partial charge on any atom is -0.444 e. The lowest BCUT2D eigenvalue weighted by Gasteiger charge is -2.32. The first kappa shape index (κ1) is 42.8. The van der Waals surface area contributed by atoms with Crippen molar-refractivity contribution in [1.29, 1.82) is 0 Å². The van der Waals surface area contributed by atoms with Gasteiger partial charge in [0.2, 0.25) is 23.6 Å². The predicted molar refractivity (Wildman–Crippen MR) is 197 cm³/mol. The number of thioether (sulfide) groups is 1. The van der Waals surface area contributed by atoms with Crippen molar-refractivity contribution < 1.29 is 33.8 Å². The fourth-order valence-corrected chi connectivity index (χ4v) is 6.43. The SMILES string of the molecule is CSCC[C@H](NC(=O)[C@@H](NC(=O)OC(C)(C)C)C(C)C)C(=O)N[C@@H](CC(C)C)[C@@H](O)C[C@@H](C)C(=O)N1CCC[C@H]1C(=O)NCc1ccccc1. The first-order valence-corrected chi connectivity index (χ1v) is 19.2. The molecule has 6 atom stereocenters. The lowest BCUT2D eigenvalue weighted by atomic mass is 9.91. The fourth-order valence-electron chi connectivity index (χ4n) is 5.96. The quantitative estimate of drug-likeness (QED) is 0.152. The topological polar surface area (TPSA) is 166 Å². The van der Waals surface area contributed by atoms with Crippen molar-refractivity contribution in [2.24, 2.45) is 17.8 Å². The maximum absolute atomic E-state index is 13.7. The predicted octanol–water partition coefficient (Wildman–Crippen LogP) is 4.00. The van der Waals surface area contributed by atoms with Crippen LogP contribution in [0.3, 0.4) is 0 Å². The molecule has 282 valence electrons. The highest BCUT2D eigenvalue weighted by molar-refractivity contribution is 7.98. The van der Waals surface area contributed by atoms with Crippen LogP contribution in [0.25, 0.3) is 0 Å². The van der Waals surface area contributed by atoms with Crippen LogP contribution in [0.5, 0.6) is 0 Å². The van der Waals surface area contributed by atoms with Gasteiger partial charge in [-0.3, -0.25) is 19.2 Å². The average molecular weight is 720 g/mol. The molecule has 5 N–H and O–H groups in total. The molecule has 12 nitrogen and oxygen atoms in total. The summed E-state index contributed by atoms with van der Waals surface area (Å²) in [4.78, 5) is 67.9. The van der Waals surface area contributed by atoms with E-state index >= 15 is 0 Å². The van der Waals surface area contributed by atoms with E-state index in [4.69, 9.17) is 4.74 Å². The van der Waals surface area contributed by atoms with Crippen LogP contribution < -0.4 is 21.3 Å². The number of aliphatic hydroxyl groups is 1. The Morgan fingerprint density at radius 3 is 2.20 bits per heavy atom. The van der Waals surface area contributed by atoms with Gasteiger partial charge in [0.15, 0.2) is 0 Å². The maximum Gasteiger partial charge on any atom is 0.408 e. The van der Waals surface area contributed by atoms with Crippen molar-refractivity contribution in [3.8, 4) is 0 Å². The van der Waals surface area contributed by atoms with Gasteiger partial charge in [0.25, 0.3) is 0 Å². The second kappa shape index (κ2) is 20.5. The number of ether oxygens (including phenoxy) is 1. The zero-order chi connectivity index (χ0) is 37.6. The normalized spacial score (nSPS) is 17.8. The molecule has 0 unspecified atom stereocenters. The van der Waals surface area contributed by atoms with E-state index in [9.17, 15) is 29.1 Å². The summed E-state index contributed by atoms with van der Waals surface area (Å²) in [6, 6.07) is 6.47. The van der Waals surface area contributed by atoms with Gasteiger partial charge in [0.05, 0.1) is 12.1 Å². The van der Waals surface area contributed by atoms with Gasteiger partial charge in [-0.15, -0.1) is 0 Å². The number of carbonyl (C=O) groups excluding carboxylic acids is 5. The Bertz CT molecular complexity index is 1260. The highest BCUT2D eigenvalue weighted by Gasteiger charge is 2.38. The molecule has 0 spiro atoms. The minimum atomic E-state index is -1.05. The summed E-state index contributed by atoms with van der Waals surface area (Å²) in [5.74, 6) is -1.56. The van der Waals surface area contributed by atoms with E-state index in [2.05, 4.69) is 21.3 Å². The largest absolute Gasteiger partial charge is 0.444 e. The number of amides is 5. The molecule has 1 heterocycles. The summed E-state index contributed by atoms with van der Waals surface area (Å²) < 4.78 is 5.34. The van der Waals surface area contributed by atoms with Crippen LogP contribution in [0, 0.1) is 17.8 Å². The van der Waals surface area contributed by atoms with E-state index in [1.54, 1.807) is 46.4 Å². The number of hydrogen-bond acceptors (Lipinski definition) is 8. The summed E-state index contributed by atoms with van der Waals surface area (Å²) in [5.41, 5.74) is 0.226. The molecule has 2 rings (SSSR count). The lowest BCUT2D eigenvalue weighted by molar-refractivity contribution is -0.142. The van der Waals surface area contributed by atoms with Gasteiger partial charge < -0.3 is 36.0 Å². The highest BCUT2D eigenvalue weighted by atomic mass is 32.2. The number of benzene rings is 1. The molecule has 0 bridgehead atoms.